The summed E-state index contributed by atoms with van der Waals surface area (Å²) in [5, 5.41) is 10.4. The van der Waals surface area contributed by atoms with E-state index < -0.39 is 23.2 Å². The number of benzene rings is 1. The van der Waals surface area contributed by atoms with E-state index in [9.17, 15) is 22.7 Å². The molecule has 1 aliphatic rings. The van der Waals surface area contributed by atoms with Crippen molar-refractivity contribution < 1.29 is 22.7 Å². The van der Waals surface area contributed by atoms with Gasteiger partial charge in [-0.2, -0.15) is 13.2 Å². The van der Waals surface area contributed by atoms with Crippen LogP contribution in [0.2, 0.25) is 0 Å². The van der Waals surface area contributed by atoms with E-state index >= 15 is 0 Å². The number of hydrogen-bond donors (Lipinski definition) is 1. The number of hydrogen-bond acceptors (Lipinski definition) is 2. The quantitative estimate of drug-likeness (QED) is 0.798. The lowest BCUT2D eigenvalue weighted by molar-refractivity contribution is -0.140. The summed E-state index contributed by atoms with van der Waals surface area (Å²) in [6, 6.07) is 2.66. The number of halogens is 4. The lowest BCUT2D eigenvalue weighted by atomic mass is 9.84. The smallest absolute Gasteiger partial charge is 0.385 e. The van der Waals surface area contributed by atoms with Gasteiger partial charge in [0.1, 0.15) is 5.82 Å². The Morgan fingerprint density at radius 2 is 1.79 bits per heavy atom. The minimum Gasteiger partial charge on any atom is -0.385 e. The number of rotatable bonds is 1. The van der Waals surface area contributed by atoms with E-state index in [1.807, 2.05) is 11.9 Å². The van der Waals surface area contributed by atoms with Gasteiger partial charge in [0, 0.05) is 13.1 Å². The van der Waals surface area contributed by atoms with Gasteiger partial charge < -0.3 is 10.0 Å². The molecule has 1 fully saturated rings. The largest absolute Gasteiger partial charge is 0.419 e. The lowest BCUT2D eigenvalue weighted by Gasteiger charge is -2.37. The predicted molar refractivity (Wildman–Crippen MR) is 62.0 cm³/mol. The van der Waals surface area contributed by atoms with Crippen molar-refractivity contribution in [2.45, 2.75) is 24.6 Å². The Balaban J connectivity index is 2.30. The average molecular weight is 277 g/mol. The van der Waals surface area contributed by atoms with Gasteiger partial charge in [-0.3, -0.25) is 0 Å². The van der Waals surface area contributed by atoms with Crippen molar-refractivity contribution in [1.82, 2.24) is 4.90 Å². The molecule has 1 aromatic rings. The number of aliphatic hydroxyl groups is 1. The summed E-state index contributed by atoms with van der Waals surface area (Å²) in [5.74, 6) is -1.34. The molecule has 106 valence electrons. The SMILES string of the molecule is CN1CCC(O)(c2ccc(C(F)(F)F)c(F)c2)CC1. The molecule has 1 aliphatic heterocycles. The first kappa shape index (κ1) is 14.3. The van der Waals surface area contributed by atoms with Crippen LogP contribution in [0.5, 0.6) is 0 Å². The number of alkyl halides is 3. The van der Waals surface area contributed by atoms with E-state index in [1.54, 1.807) is 0 Å². The molecule has 0 unspecified atom stereocenters. The Labute approximate surface area is 108 Å². The molecule has 2 rings (SSSR count). The molecule has 0 spiro atoms. The highest BCUT2D eigenvalue weighted by Crippen LogP contribution is 2.36. The Hall–Kier alpha value is -1.14. The molecule has 1 heterocycles. The minimum atomic E-state index is -4.71. The van der Waals surface area contributed by atoms with Crippen molar-refractivity contribution in [3.8, 4) is 0 Å². The lowest BCUT2D eigenvalue weighted by Crippen LogP contribution is -2.40. The Kier molecular flexibility index (Phi) is 3.57. The van der Waals surface area contributed by atoms with Crippen LogP contribution in [0, 0.1) is 5.82 Å². The van der Waals surface area contributed by atoms with Crippen LogP contribution in [0.25, 0.3) is 0 Å². The van der Waals surface area contributed by atoms with E-state index in [-0.39, 0.29) is 5.56 Å². The molecule has 0 amide bonds. The average Bonchev–Trinajstić information content (AvgIpc) is 2.31. The van der Waals surface area contributed by atoms with Crippen LogP contribution >= 0.6 is 0 Å². The van der Waals surface area contributed by atoms with E-state index in [4.69, 9.17) is 0 Å². The van der Waals surface area contributed by atoms with Gasteiger partial charge in [-0.25, -0.2) is 4.39 Å². The monoisotopic (exact) mass is 277 g/mol. The maximum Gasteiger partial charge on any atom is 0.419 e. The van der Waals surface area contributed by atoms with Crippen LogP contribution < -0.4 is 0 Å². The van der Waals surface area contributed by atoms with Crippen LogP contribution in [0.3, 0.4) is 0 Å². The van der Waals surface area contributed by atoms with Gasteiger partial charge >= 0.3 is 6.18 Å². The van der Waals surface area contributed by atoms with Crippen molar-refractivity contribution in [2.75, 3.05) is 20.1 Å². The third kappa shape index (κ3) is 2.90. The molecule has 0 aliphatic carbocycles. The van der Waals surface area contributed by atoms with Gasteiger partial charge in [-0.1, -0.05) is 6.07 Å². The zero-order valence-electron chi connectivity index (χ0n) is 10.5. The van der Waals surface area contributed by atoms with Gasteiger partial charge in [0.15, 0.2) is 0 Å². The van der Waals surface area contributed by atoms with Crippen LogP contribution in [-0.2, 0) is 11.8 Å². The fourth-order valence-electron chi connectivity index (χ4n) is 2.31. The molecule has 0 radical (unpaired) electrons. The Bertz CT molecular complexity index is 464. The van der Waals surface area contributed by atoms with Crippen LogP contribution in [0.1, 0.15) is 24.0 Å². The summed E-state index contributed by atoms with van der Waals surface area (Å²) in [4.78, 5) is 2.01. The van der Waals surface area contributed by atoms with Gasteiger partial charge in [-0.05, 0) is 37.6 Å². The fraction of sp³-hybridized carbons (Fsp3) is 0.538. The van der Waals surface area contributed by atoms with E-state index in [0.29, 0.717) is 32.0 Å². The first-order valence-corrected chi connectivity index (χ1v) is 6.00. The van der Waals surface area contributed by atoms with Gasteiger partial charge in [-0.15, -0.1) is 0 Å². The normalized spacial score (nSPS) is 20.5. The molecule has 0 saturated carbocycles. The van der Waals surface area contributed by atoms with E-state index in [0.717, 1.165) is 12.1 Å². The second-order valence-corrected chi connectivity index (χ2v) is 5.03. The van der Waals surface area contributed by atoms with Crippen LogP contribution in [0.4, 0.5) is 17.6 Å². The second-order valence-electron chi connectivity index (χ2n) is 5.03. The third-order valence-electron chi connectivity index (χ3n) is 3.63. The van der Waals surface area contributed by atoms with E-state index in [1.165, 1.54) is 0 Å². The van der Waals surface area contributed by atoms with E-state index in [2.05, 4.69) is 0 Å². The molecular formula is C13H15F4NO. The summed E-state index contributed by atoms with van der Waals surface area (Å²) in [6.07, 6.45) is -3.94. The highest BCUT2D eigenvalue weighted by atomic mass is 19.4. The van der Waals surface area contributed by atoms with Crippen LogP contribution in [-0.4, -0.2) is 30.1 Å². The summed E-state index contributed by atoms with van der Waals surface area (Å²) in [7, 11) is 1.90. The summed E-state index contributed by atoms with van der Waals surface area (Å²) >= 11 is 0. The predicted octanol–water partition coefficient (Wildman–Crippen LogP) is 2.76. The highest BCUT2D eigenvalue weighted by Gasteiger charge is 2.37. The molecule has 0 bridgehead atoms. The summed E-state index contributed by atoms with van der Waals surface area (Å²) < 4.78 is 50.9. The molecule has 0 atom stereocenters. The van der Waals surface area contributed by atoms with Gasteiger partial charge in [0.05, 0.1) is 11.2 Å². The minimum absolute atomic E-state index is 0.214. The number of nitrogens with zero attached hydrogens (tertiary/aromatic N) is 1. The van der Waals surface area contributed by atoms with Gasteiger partial charge in [0.2, 0.25) is 0 Å². The first-order valence-electron chi connectivity index (χ1n) is 6.00. The second kappa shape index (κ2) is 4.76. The van der Waals surface area contributed by atoms with Crippen molar-refractivity contribution in [2.24, 2.45) is 0 Å². The molecule has 2 nitrogen and oxygen atoms in total. The van der Waals surface area contributed by atoms with Crippen molar-refractivity contribution >= 4 is 0 Å². The molecular weight excluding hydrogens is 262 g/mol. The number of likely N-dealkylation sites (tertiary alicyclic amines) is 1. The molecule has 1 saturated heterocycles. The first-order chi connectivity index (χ1) is 8.72. The highest BCUT2D eigenvalue weighted by molar-refractivity contribution is 5.30. The van der Waals surface area contributed by atoms with Crippen molar-refractivity contribution in [3.05, 3.63) is 35.1 Å². The molecule has 19 heavy (non-hydrogen) atoms. The third-order valence-corrected chi connectivity index (χ3v) is 3.63. The molecule has 6 heteroatoms. The Morgan fingerprint density at radius 3 is 2.26 bits per heavy atom. The topological polar surface area (TPSA) is 23.5 Å². The standard InChI is InChI=1S/C13H15F4NO/c1-18-6-4-12(19,5-7-18)9-2-3-10(11(14)8-9)13(15,16)17/h2-3,8,19H,4-7H2,1H3. The zero-order valence-corrected chi connectivity index (χ0v) is 10.5. The van der Waals surface area contributed by atoms with Crippen molar-refractivity contribution in [1.29, 1.82) is 0 Å². The Morgan fingerprint density at radius 1 is 1.21 bits per heavy atom. The summed E-state index contributed by atoms with van der Waals surface area (Å²) in [5.41, 5.74) is -2.32. The van der Waals surface area contributed by atoms with Gasteiger partial charge in [0.25, 0.3) is 0 Å². The zero-order chi connectivity index (χ0) is 14.3. The molecule has 1 aromatic carbocycles. The number of piperidine rings is 1. The summed E-state index contributed by atoms with van der Waals surface area (Å²) in [6.45, 7) is 1.25. The van der Waals surface area contributed by atoms with Crippen LogP contribution in [0.15, 0.2) is 18.2 Å². The molecule has 1 N–H and O–H groups in total. The maximum absolute atomic E-state index is 13.5. The molecule has 0 aromatic heterocycles. The maximum atomic E-state index is 13.5. The van der Waals surface area contributed by atoms with Crippen molar-refractivity contribution in [3.63, 3.8) is 0 Å². The fourth-order valence-corrected chi connectivity index (χ4v) is 2.31.